The van der Waals surface area contributed by atoms with Crippen molar-refractivity contribution in [3.8, 4) is 11.3 Å². The molecule has 2 heterocycles. The summed E-state index contributed by atoms with van der Waals surface area (Å²) in [6.45, 7) is 2.42. The Morgan fingerprint density at radius 3 is 2.63 bits per heavy atom. The molecule has 0 saturated carbocycles. The minimum Gasteiger partial charge on any atom is -0.325 e. The SMILES string of the molecule is CCS(=O)(=O)N1CCC(N(C)C(=O)Nc2cnc(-c3cccc(F)c3)c(Cl)c2)CC1. The highest BCUT2D eigenvalue weighted by molar-refractivity contribution is 7.89. The van der Waals surface area contributed by atoms with E-state index in [0.717, 1.165) is 0 Å². The lowest BCUT2D eigenvalue weighted by Gasteiger charge is -2.35. The van der Waals surface area contributed by atoms with Crippen LogP contribution >= 0.6 is 11.6 Å². The topological polar surface area (TPSA) is 82.6 Å². The number of carbonyl (C=O) groups is 1. The smallest absolute Gasteiger partial charge is 0.321 e. The molecule has 162 valence electrons. The van der Waals surface area contributed by atoms with Gasteiger partial charge in [-0.3, -0.25) is 4.98 Å². The van der Waals surface area contributed by atoms with Crippen molar-refractivity contribution in [3.63, 3.8) is 0 Å². The number of sulfonamides is 1. The maximum atomic E-state index is 13.4. The molecule has 0 spiro atoms. The van der Waals surface area contributed by atoms with E-state index in [0.29, 0.717) is 47.9 Å². The Labute approximate surface area is 180 Å². The van der Waals surface area contributed by atoms with E-state index in [4.69, 9.17) is 11.6 Å². The molecular weight excluding hydrogens is 431 g/mol. The molecule has 2 aromatic rings. The van der Waals surface area contributed by atoms with Crippen molar-refractivity contribution in [1.82, 2.24) is 14.2 Å². The lowest BCUT2D eigenvalue weighted by atomic mass is 10.1. The second kappa shape index (κ2) is 9.28. The van der Waals surface area contributed by atoms with E-state index in [-0.39, 0.29) is 23.6 Å². The van der Waals surface area contributed by atoms with E-state index < -0.39 is 10.0 Å². The van der Waals surface area contributed by atoms with Gasteiger partial charge in [0.25, 0.3) is 0 Å². The molecule has 1 N–H and O–H groups in total. The Morgan fingerprint density at radius 1 is 1.33 bits per heavy atom. The Morgan fingerprint density at radius 2 is 2.03 bits per heavy atom. The molecule has 1 aromatic heterocycles. The van der Waals surface area contributed by atoms with Crippen LogP contribution in [0.15, 0.2) is 36.5 Å². The first kappa shape index (κ1) is 22.5. The van der Waals surface area contributed by atoms with Crippen molar-refractivity contribution in [1.29, 1.82) is 0 Å². The van der Waals surface area contributed by atoms with Crippen LogP contribution in [0.3, 0.4) is 0 Å². The Bertz CT molecular complexity index is 1030. The number of anilines is 1. The van der Waals surface area contributed by atoms with Crippen LogP contribution in [0.25, 0.3) is 11.3 Å². The molecule has 2 amide bonds. The van der Waals surface area contributed by atoms with E-state index in [2.05, 4.69) is 10.3 Å². The predicted octanol–water partition coefficient (Wildman–Crippen LogP) is 3.82. The number of hydrogen-bond acceptors (Lipinski definition) is 4. The normalized spacial score (nSPS) is 15.7. The van der Waals surface area contributed by atoms with Gasteiger partial charge in [0, 0.05) is 31.7 Å². The first-order valence-corrected chi connectivity index (χ1v) is 11.6. The molecule has 7 nitrogen and oxygen atoms in total. The molecule has 1 saturated heterocycles. The highest BCUT2D eigenvalue weighted by Crippen LogP contribution is 2.28. The molecule has 30 heavy (non-hydrogen) atoms. The van der Waals surface area contributed by atoms with Crippen LogP contribution in [-0.2, 0) is 10.0 Å². The quantitative estimate of drug-likeness (QED) is 0.744. The summed E-state index contributed by atoms with van der Waals surface area (Å²) in [7, 11) is -1.53. The standard InChI is InChI=1S/C20H24ClFN4O3S/c1-3-30(28,29)26-9-7-17(8-10-26)25(2)20(27)24-16-12-18(21)19(23-13-16)14-5-4-6-15(22)11-14/h4-6,11-13,17H,3,7-10H2,1-2H3,(H,24,27). The molecule has 0 unspecified atom stereocenters. The van der Waals surface area contributed by atoms with E-state index in [1.165, 1.54) is 22.6 Å². The first-order valence-electron chi connectivity index (χ1n) is 9.64. The fourth-order valence-electron chi connectivity index (χ4n) is 3.42. The number of halogens is 2. The van der Waals surface area contributed by atoms with Crippen molar-refractivity contribution < 1.29 is 17.6 Å². The van der Waals surface area contributed by atoms with Gasteiger partial charge in [0.2, 0.25) is 10.0 Å². The van der Waals surface area contributed by atoms with Crippen molar-refractivity contribution in [2.75, 3.05) is 31.2 Å². The zero-order valence-corrected chi connectivity index (χ0v) is 18.4. The summed E-state index contributed by atoms with van der Waals surface area (Å²) in [5, 5.41) is 3.05. The number of piperidine rings is 1. The third-order valence-corrected chi connectivity index (χ3v) is 7.41. The number of hydrogen-bond donors (Lipinski definition) is 1. The molecule has 1 aliphatic heterocycles. The summed E-state index contributed by atoms with van der Waals surface area (Å²) < 4.78 is 38.9. The predicted molar refractivity (Wildman–Crippen MR) is 115 cm³/mol. The van der Waals surface area contributed by atoms with Gasteiger partial charge in [-0.1, -0.05) is 23.7 Å². The van der Waals surface area contributed by atoms with Crippen molar-refractivity contribution >= 4 is 33.3 Å². The maximum absolute atomic E-state index is 13.4. The molecule has 1 aliphatic rings. The van der Waals surface area contributed by atoms with Crippen molar-refractivity contribution in [3.05, 3.63) is 47.4 Å². The van der Waals surface area contributed by atoms with Crippen LogP contribution in [0.2, 0.25) is 5.02 Å². The van der Waals surface area contributed by atoms with E-state index in [1.54, 1.807) is 37.1 Å². The van der Waals surface area contributed by atoms with Gasteiger partial charge in [-0.05, 0) is 38.0 Å². The third-order valence-electron chi connectivity index (χ3n) is 5.24. The highest BCUT2D eigenvalue weighted by atomic mass is 35.5. The number of aromatic nitrogens is 1. The fourth-order valence-corrected chi connectivity index (χ4v) is 4.83. The van der Waals surface area contributed by atoms with Crippen LogP contribution in [0.5, 0.6) is 0 Å². The number of amides is 2. The highest BCUT2D eigenvalue weighted by Gasteiger charge is 2.30. The largest absolute Gasteiger partial charge is 0.325 e. The molecular formula is C20H24ClFN4O3S. The minimum absolute atomic E-state index is 0.0664. The Kier molecular flexibility index (Phi) is 6.95. The van der Waals surface area contributed by atoms with Crippen LogP contribution in [0.4, 0.5) is 14.9 Å². The number of nitrogens with zero attached hydrogens (tertiary/aromatic N) is 3. The summed E-state index contributed by atoms with van der Waals surface area (Å²) in [5.74, 6) is -0.310. The molecule has 10 heteroatoms. The molecule has 0 bridgehead atoms. The number of urea groups is 1. The zero-order valence-electron chi connectivity index (χ0n) is 16.8. The van der Waals surface area contributed by atoms with Gasteiger partial charge in [-0.2, -0.15) is 0 Å². The minimum atomic E-state index is -3.21. The summed E-state index contributed by atoms with van der Waals surface area (Å²) in [5.41, 5.74) is 1.39. The summed E-state index contributed by atoms with van der Waals surface area (Å²) in [4.78, 5) is 18.4. The first-order chi connectivity index (χ1) is 14.2. The summed E-state index contributed by atoms with van der Waals surface area (Å²) >= 11 is 6.29. The second-order valence-corrected chi connectivity index (χ2v) is 9.80. The fraction of sp³-hybridized carbons (Fsp3) is 0.400. The Hall–Kier alpha value is -2.23. The van der Waals surface area contributed by atoms with Crippen LogP contribution in [-0.4, -0.2) is 60.6 Å². The van der Waals surface area contributed by atoms with E-state index >= 15 is 0 Å². The van der Waals surface area contributed by atoms with Gasteiger partial charge in [-0.15, -0.1) is 0 Å². The van der Waals surface area contributed by atoms with Crippen LogP contribution in [0, 0.1) is 5.82 Å². The Balaban J connectivity index is 1.63. The van der Waals surface area contributed by atoms with Crippen molar-refractivity contribution in [2.24, 2.45) is 0 Å². The number of pyridine rings is 1. The second-order valence-electron chi connectivity index (χ2n) is 7.14. The summed E-state index contributed by atoms with van der Waals surface area (Å²) in [6, 6.07) is 7.12. The maximum Gasteiger partial charge on any atom is 0.321 e. The molecule has 0 atom stereocenters. The lowest BCUT2D eigenvalue weighted by molar-refractivity contribution is 0.174. The number of benzene rings is 1. The molecule has 1 fully saturated rings. The average molecular weight is 455 g/mol. The monoisotopic (exact) mass is 454 g/mol. The van der Waals surface area contributed by atoms with E-state index in [1.807, 2.05) is 0 Å². The van der Waals surface area contributed by atoms with Gasteiger partial charge in [-0.25, -0.2) is 21.9 Å². The van der Waals surface area contributed by atoms with Crippen molar-refractivity contribution in [2.45, 2.75) is 25.8 Å². The number of nitrogens with one attached hydrogen (secondary N) is 1. The molecule has 1 aromatic carbocycles. The van der Waals surface area contributed by atoms with Gasteiger partial charge < -0.3 is 10.2 Å². The van der Waals surface area contributed by atoms with Crippen LogP contribution in [0.1, 0.15) is 19.8 Å². The van der Waals surface area contributed by atoms with E-state index in [9.17, 15) is 17.6 Å². The lowest BCUT2D eigenvalue weighted by Crippen LogP contribution is -2.48. The molecule has 0 aliphatic carbocycles. The van der Waals surface area contributed by atoms with Gasteiger partial charge in [0.05, 0.1) is 28.4 Å². The average Bonchev–Trinajstić information content (AvgIpc) is 2.73. The number of rotatable bonds is 5. The number of carbonyl (C=O) groups excluding carboxylic acids is 1. The van der Waals surface area contributed by atoms with Gasteiger partial charge in [0.1, 0.15) is 5.82 Å². The van der Waals surface area contributed by atoms with Crippen LogP contribution < -0.4 is 5.32 Å². The third kappa shape index (κ3) is 5.08. The summed E-state index contributed by atoms with van der Waals surface area (Å²) in [6.07, 6.45) is 2.61. The van der Waals surface area contributed by atoms with Gasteiger partial charge >= 0.3 is 6.03 Å². The molecule has 0 radical (unpaired) electrons. The molecule has 3 rings (SSSR count). The zero-order chi connectivity index (χ0) is 21.9. The van der Waals surface area contributed by atoms with Gasteiger partial charge in [0.15, 0.2) is 0 Å².